The molecular formula is C18H21F3N2O2. The van der Waals surface area contributed by atoms with Crippen molar-refractivity contribution in [2.45, 2.75) is 45.8 Å². The van der Waals surface area contributed by atoms with Gasteiger partial charge < -0.3 is 4.74 Å². The first-order chi connectivity index (χ1) is 11.5. The van der Waals surface area contributed by atoms with Gasteiger partial charge in [0.1, 0.15) is 5.69 Å². The van der Waals surface area contributed by atoms with Crippen LogP contribution >= 0.6 is 0 Å². The van der Waals surface area contributed by atoms with E-state index in [0.29, 0.717) is 11.3 Å². The van der Waals surface area contributed by atoms with E-state index in [-0.39, 0.29) is 24.3 Å². The molecule has 0 atom stereocenters. The molecule has 2 aromatic rings. The summed E-state index contributed by atoms with van der Waals surface area (Å²) in [6.45, 7) is 8.02. The van der Waals surface area contributed by atoms with Crippen molar-refractivity contribution in [3.05, 3.63) is 52.8 Å². The molecule has 0 aliphatic heterocycles. The highest BCUT2D eigenvalue weighted by atomic mass is 19.4. The SMILES string of the molecule is CCOC(=O)c1cc(C(C)(C)C)nn1Cc1ccc(C(F)(F)F)cc1. The van der Waals surface area contributed by atoms with Crippen molar-refractivity contribution in [3.63, 3.8) is 0 Å². The summed E-state index contributed by atoms with van der Waals surface area (Å²) in [5.41, 5.74) is 0.626. The van der Waals surface area contributed by atoms with E-state index in [1.165, 1.54) is 16.8 Å². The highest BCUT2D eigenvalue weighted by Crippen LogP contribution is 2.29. The lowest BCUT2D eigenvalue weighted by molar-refractivity contribution is -0.137. The fraction of sp³-hybridized carbons (Fsp3) is 0.444. The molecule has 0 spiro atoms. The van der Waals surface area contributed by atoms with Gasteiger partial charge in [-0.1, -0.05) is 32.9 Å². The van der Waals surface area contributed by atoms with Gasteiger partial charge in [-0.15, -0.1) is 0 Å². The number of alkyl halides is 3. The third-order valence-electron chi connectivity index (χ3n) is 3.65. The monoisotopic (exact) mass is 354 g/mol. The molecule has 0 amide bonds. The molecule has 0 unspecified atom stereocenters. The molecule has 7 heteroatoms. The Balaban J connectivity index is 2.34. The number of rotatable bonds is 4. The fourth-order valence-electron chi connectivity index (χ4n) is 2.25. The quantitative estimate of drug-likeness (QED) is 0.763. The van der Waals surface area contributed by atoms with Crippen molar-refractivity contribution < 1.29 is 22.7 Å². The van der Waals surface area contributed by atoms with Gasteiger partial charge in [0.2, 0.25) is 0 Å². The molecule has 0 radical (unpaired) electrons. The number of nitrogens with zero attached hydrogens (tertiary/aromatic N) is 2. The maximum absolute atomic E-state index is 12.7. The molecule has 25 heavy (non-hydrogen) atoms. The summed E-state index contributed by atoms with van der Waals surface area (Å²) < 4.78 is 44.5. The minimum atomic E-state index is -4.38. The molecule has 0 bridgehead atoms. The third kappa shape index (κ3) is 4.61. The van der Waals surface area contributed by atoms with Crippen molar-refractivity contribution in [2.75, 3.05) is 6.61 Å². The van der Waals surface area contributed by atoms with E-state index in [0.717, 1.165) is 12.1 Å². The number of carbonyl (C=O) groups excluding carboxylic acids is 1. The molecule has 0 saturated heterocycles. The predicted molar refractivity (Wildman–Crippen MR) is 87.4 cm³/mol. The van der Waals surface area contributed by atoms with Crippen LogP contribution in [0, 0.1) is 0 Å². The van der Waals surface area contributed by atoms with E-state index in [2.05, 4.69) is 5.10 Å². The van der Waals surface area contributed by atoms with Gasteiger partial charge in [-0.25, -0.2) is 4.79 Å². The highest BCUT2D eigenvalue weighted by Gasteiger charge is 2.30. The Morgan fingerprint density at radius 3 is 2.24 bits per heavy atom. The summed E-state index contributed by atoms with van der Waals surface area (Å²) >= 11 is 0. The maximum Gasteiger partial charge on any atom is 0.416 e. The maximum atomic E-state index is 12.7. The van der Waals surface area contributed by atoms with Gasteiger partial charge in [0.15, 0.2) is 0 Å². The standard InChI is InChI=1S/C18H21F3N2O2/c1-5-25-16(24)14-10-15(17(2,3)4)22-23(14)11-12-6-8-13(9-7-12)18(19,20)21/h6-10H,5,11H2,1-4H3. The number of benzene rings is 1. The summed E-state index contributed by atoms with van der Waals surface area (Å²) in [7, 11) is 0. The van der Waals surface area contributed by atoms with Crippen molar-refractivity contribution >= 4 is 5.97 Å². The van der Waals surface area contributed by atoms with E-state index in [9.17, 15) is 18.0 Å². The Labute approximate surface area is 144 Å². The first-order valence-corrected chi connectivity index (χ1v) is 7.94. The molecule has 1 heterocycles. The number of carbonyl (C=O) groups is 1. The number of ether oxygens (including phenoxy) is 1. The molecule has 136 valence electrons. The normalized spacial score (nSPS) is 12.3. The van der Waals surface area contributed by atoms with Crippen LogP contribution in [0.25, 0.3) is 0 Å². The van der Waals surface area contributed by atoms with E-state index in [1.807, 2.05) is 20.8 Å². The second kappa shape index (κ2) is 6.90. The zero-order valence-corrected chi connectivity index (χ0v) is 14.6. The lowest BCUT2D eigenvalue weighted by atomic mass is 9.92. The van der Waals surface area contributed by atoms with Crippen LogP contribution < -0.4 is 0 Å². The van der Waals surface area contributed by atoms with E-state index in [1.54, 1.807) is 13.0 Å². The smallest absolute Gasteiger partial charge is 0.416 e. The third-order valence-corrected chi connectivity index (χ3v) is 3.65. The van der Waals surface area contributed by atoms with Crippen LogP contribution in [0.3, 0.4) is 0 Å². The molecule has 0 aliphatic carbocycles. The Hall–Kier alpha value is -2.31. The molecule has 0 saturated carbocycles. The number of halogens is 3. The largest absolute Gasteiger partial charge is 0.461 e. The van der Waals surface area contributed by atoms with Gasteiger partial charge in [-0.2, -0.15) is 18.3 Å². The molecule has 0 N–H and O–H groups in total. The number of hydrogen-bond acceptors (Lipinski definition) is 3. The first kappa shape index (κ1) is 19.0. The minimum absolute atomic E-state index is 0.183. The topological polar surface area (TPSA) is 44.1 Å². The highest BCUT2D eigenvalue weighted by molar-refractivity contribution is 5.87. The van der Waals surface area contributed by atoms with Crippen molar-refractivity contribution in [1.29, 1.82) is 0 Å². The van der Waals surface area contributed by atoms with Gasteiger partial charge in [0.25, 0.3) is 0 Å². The van der Waals surface area contributed by atoms with Gasteiger partial charge in [-0.3, -0.25) is 4.68 Å². The molecule has 1 aromatic heterocycles. The second-order valence-corrected chi connectivity index (χ2v) is 6.74. The molecule has 0 aliphatic rings. The van der Waals surface area contributed by atoms with Crippen LogP contribution in [-0.4, -0.2) is 22.4 Å². The summed E-state index contributed by atoms with van der Waals surface area (Å²) in [6, 6.07) is 6.48. The van der Waals surface area contributed by atoms with Crippen LogP contribution in [0.5, 0.6) is 0 Å². The Morgan fingerprint density at radius 2 is 1.76 bits per heavy atom. The van der Waals surface area contributed by atoms with Crippen LogP contribution in [0.1, 0.15) is 55.0 Å². The van der Waals surface area contributed by atoms with Crippen LogP contribution in [0.4, 0.5) is 13.2 Å². The van der Waals surface area contributed by atoms with Crippen LogP contribution in [0.15, 0.2) is 30.3 Å². The summed E-state index contributed by atoms with van der Waals surface area (Å²) in [4.78, 5) is 12.1. The minimum Gasteiger partial charge on any atom is -0.461 e. The average molecular weight is 354 g/mol. The van der Waals surface area contributed by atoms with E-state index in [4.69, 9.17) is 4.74 Å². The number of esters is 1. The van der Waals surface area contributed by atoms with E-state index < -0.39 is 17.7 Å². The predicted octanol–water partition coefficient (Wildman–Crippen LogP) is 4.42. The lowest BCUT2D eigenvalue weighted by Gasteiger charge is -2.14. The van der Waals surface area contributed by atoms with Crippen molar-refractivity contribution in [3.8, 4) is 0 Å². The molecular weight excluding hydrogens is 333 g/mol. The van der Waals surface area contributed by atoms with Crippen molar-refractivity contribution in [1.82, 2.24) is 9.78 Å². The van der Waals surface area contributed by atoms with Gasteiger partial charge in [0.05, 0.1) is 24.4 Å². The Kier molecular flexibility index (Phi) is 5.25. The summed E-state index contributed by atoms with van der Waals surface area (Å²) in [6.07, 6.45) is -4.38. The zero-order chi connectivity index (χ0) is 18.8. The molecule has 1 aromatic carbocycles. The molecule has 2 rings (SSSR count). The average Bonchev–Trinajstić information content (AvgIpc) is 2.91. The first-order valence-electron chi connectivity index (χ1n) is 7.94. The van der Waals surface area contributed by atoms with Crippen molar-refractivity contribution in [2.24, 2.45) is 0 Å². The second-order valence-electron chi connectivity index (χ2n) is 6.74. The lowest BCUT2D eigenvalue weighted by Crippen LogP contribution is -2.15. The van der Waals surface area contributed by atoms with E-state index >= 15 is 0 Å². The Morgan fingerprint density at radius 1 is 1.16 bits per heavy atom. The summed E-state index contributed by atoms with van der Waals surface area (Å²) in [5, 5.41) is 4.44. The van der Waals surface area contributed by atoms with Crippen LogP contribution in [0.2, 0.25) is 0 Å². The zero-order valence-electron chi connectivity index (χ0n) is 14.6. The van der Waals surface area contributed by atoms with Gasteiger partial charge in [0, 0.05) is 5.41 Å². The summed E-state index contributed by atoms with van der Waals surface area (Å²) in [5.74, 6) is -0.502. The van der Waals surface area contributed by atoms with Gasteiger partial charge in [-0.05, 0) is 30.7 Å². The van der Waals surface area contributed by atoms with Crippen LogP contribution in [-0.2, 0) is 22.9 Å². The fourth-order valence-corrected chi connectivity index (χ4v) is 2.25. The molecule has 4 nitrogen and oxygen atoms in total. The molecule has 0 fully saturated rings. The Bertz CT molecular complexity index is 741. The van der Waals surface area contributed by atoms with Gasteiger partial charge >= 0.3 is 12.1 Å². The number of aromatic nitrogens is 2. The number of hydrogen-bond donors (Lipinski definition) is 0.